The minimum atomic E-state index is -1.18. The first kappa shape index (κ1) is 21.1. The maximum atomic E-state index is 12.8. The number of aromatic nitrogens is 2. The smallest absolute Gasteiger partial charge is 0.318 e. The summed E-state index contributed by atoms with van der Waals surface area (Å²) in [6.45, 7) is 3.93. The Labute approximate surface area is 161 Å². The van der Waals surface area contributed by atoms with E-state index in [2.05, 4.69) is 4.98 Å². The van der Waals surface area contributed by atoms with E-state index in [-0.39, 0.29) is 24.1 Å². The second-order valence-corrected chi connectivity index (χ2v) is 6.34. The Morgan fingerprint density at radius 3 is 2.68 bits per heavy atom. The molecule has 0 saturated carbocycles. The number of urea groups is 1. The molecule has 3 amide bonds. The van der Waals surface area contributed by atoms with Crippen LogP contribution in [0.1, 0.15) is 38.8 Å². The largest absolute Gasteiger partial charge is 0.453 e. The number of ether oxygens (including phenoxy) is 1. The van der Waals surface area contributed by atoms with Gasteiger partial charge in [-0.15, -0.1) is 0 Å². The number of hydrogen-bond acceptors (Lipinski definition) is 6. The lowest BCUT2D eigenvalue weighted by Gasteiger charge is -2.13. The quantitative estimate of drug-likeness (QED) is 0.654. The molecular formula is C19H24N4O5. The molecule has 0 radical (unpaired) electrons. The number of nitrogens with two attached hydrogens (primary N) is 1. The van der Waals surface area contributed by atoms with Gasteiger partial charge >= 0.3 is 12.0 Å². The molecule has 1 heterocycles. The van der Waals surface area contributed by atoms with Crippen molar-refractivity contribution in [2.75, 3.05) is 0 Å². The number of unbranched alkanes of at least 4 members (excludes halogenated alkanes) is 1. The van der Waals surface area contributed by atoms with Gasteiger partial charge in [0.1, 0.15) is 5.69 Å². The van der Waals surface area contributed by atoms with E-state index in [4.69, 9.17) is 10.5 Å². The number of carbonyl (C=O) groups is 3. The minimum Gasteiger partial charge on any atom is -0.453 e. The molecule has 150 valence electrons. The molecular weight excluding hydrogens is 364 g/mol. The van der Waals surface area contributed by atoms with Crippen LogP contribution in [0.25, 0.3) is 11.0 Å². The Morgan fingerprint density at radius 2 is 2.00 bits per heavy atom. The second-order valence-electron chi connectivity index (χ2n) is 6.34. The minimum absolute atomic E-state index is 0.0821. The van der Waals surface area contributed by atoms with Crippen molar-refractivity contribution in [3.05, 3.63) is 40.3 Å². The predicted octanol–water partition coefficient (Wildman–Crippen LogP) is 1.26. The zero-order valence-corrected chi connectivity index (χ0v) is 15.9. The summed E-state index contributed by atoms with van der Waals surface area (Å²) in [5, 5.41) is 1.83. The summed E-state index contributed by atoms with van der Waals surface area (Å²) in [5.41, 5.74) is 6.31. The molecule has 0 unspecified atom stereocenters. The first-order valence-electron chi connectivity index (χ1n) is 9.11. The number of amides is 3. The SMILES string of the molecule is CCCCn1c(=O)c(CCC(=O)O[C@@H](C)C(=O)NC(N)=O)nc2ccccc21. The highest BCUT2D eigenvalue weighted by atomic mass is 16.5. The maximum absolute atomic E-state index is 12.8. The second kappa shape index (κ2) is 9.63. The summed E-state index contributed by atoms with van der Waals surface area (Å²) in [5.74, 6) is -1.49. The van der Waals surface area contributed by atoms with Crippen LogP contribution in [0.5, 0.6) is 0 Å². The van der Waals surface area contributed by atoms with Gasteiger partial charge in [-0.05, 0) is 25.5 Å². The van der Waals surface area contributed by atoms with Gasteiger partial charge in [-0.2, -0.15) is 0 Å². The zero-order valence-electron chi connectivity index (χ0n) is 15.9. The molecule has 28 heavy (non-hydrogen) atoms. The Morgan fingerprint density at radius 1 is 1.29 bits per heavy atom. The maximum Gasteiger partial charge on any atom is 0.318 e. The lowest BCUT2D eigenvalue weighted by Crippen LogP contribution is -2.42. The van der Waals surface area contributed by atoms with Crippen LogP contribution in [-0.4, -0.2) is 33.6 Å². The van der Waals surface area contributed by atoms with Gasteiger partial charge in [0.2, 0.25) is 0 Å². The number of fused-ring (bicyclic) bond motifs is 1. The molecule has 0 aliphatic carbocycles. The number of primary amides is 1. The number of aryl methyl sites for hydroxylation is 2. The molecule has 0 aliphatic rings. The molecule has 0 bridgehead atoms. The number of hydrogen-bond donors (Lipinski definition) is 2. The van der Waals surface area contributed by atoms with Crippen molar-refractivity contribution < 1.29 is 19.1 Å². The summed E-state index contributed by atoms with van der Waals surface area (Å²) >= 11 is 0. The van der Waals surface area contributed by atoms with Gasteiger partial charge in [0, 0.05) is 13.0 Å². The average Bonchev–Trinajstić information content (AvgIpc) is 2.65. The molecule has 9 heteroatoms. The van der Waals surface area contributed by atoms with Gasteiger partial charge in [0.05, 0.1) is 17.5 Å². The van der Waals surface area contributed by atoms with Crippen LogP contribution in [0, 0.1) is 0 Å². The molecule has 3 N–H and O–H groups in total. The highest BCUT2D eigenvalue weighted by Crippen LogP contribution is 2.12. The Hall–Kier alpha value is -3.23. The molecule has 9 nitrogen and oxygen atoms in total. The highest BCUT2D eigenvalue weighted by Gasteiger charge is 2.20. The monoisotopic (exact) mass is 388 g/mol. The van der Waals surface area contributed by atoms with Crippen LogP contribution < -0.4 is 16.6 Å². The number of carbonyl (C=O) groups excluding carboxylic acids is 3. The van der Waals surface area contributed by atoms with E-state index in [1.54, 1.807) is 4.57 Å². The lowest BCUT2D eigenvalue weighted by molar-refractivity contribution is -0.154. The van der Waals surface area contributed by atoms with Gasteiger partial charge < -0.3 is 15.0 Å². The lowest BCUT2D eigenvalue weighted by atomic mass is 10.2. The number of rotatable bonds is 8. The first-order valence-corrected chi connectivity index (χ1v) is 9.11. The van der Waals surface area contributed by atoms with Gasteiger partial charge in [-0.25, -0.2) is 9.78 Å². The molecule has 0 aliphatic heterocycles. The van der Waals surface area contributed by atoms with E-state index < -0.39 is 24.0 Å². The molecule has 0 spiro atoms. The topological polar surface area (TPSA) is 133 Å². The van der Waals surface area contributed by atoms with Crippen LogP contribution in [0.2, 0.25) is 0 Å². The Kier molecular flexibility index (Phi) is 7.25. The van der Waals surface area contributed by atoms with Gasteiger partial charge in [-0.1, -0.05) is 25.5 Å². The Balaban J connectivity index is 2.12. The van der Waals surface area contributed by atoms with Gasteiger partial charge in [-0.3, -0.25) is 19.7 Å². The van der Waals surface area contributed by atoms with Crippen molar-refractivity contribution >= 4 is 28.9 Å². The highest BCUT2D eigenvalue weighted by molar-refractivity contribution is 5.96. The van der Waals surface area contributed by atoms with E-state index >= 15 is 0 Å². The van der Waals surface area contributed by atoms with Gasteiger partial charge in [0.15, 0.2) is 6.10 Å². The number of esters is 1. The third-order valence-electron chi connectivity index (χ3n) is 4.15. The van der Waals surface area contributed by atoms with Crippen molar-refractivity contribution in [3.8, 4) is 0 Å². The van der Waals surface area contributed by atoms with Crippen LogP contribution >= 0.6 is 0 Å². The van der Waals surface area contributed by atoms with Crippen molar-refractivity contribution in [1.82, 2.24) is 14.9 Å². The van der Waals surface area contributed by atoms with E-state index in [1.165, 1.54) is 6.92 Å². The molecule has 0 saturated heterocycles. The predicted molar refractivity (Wildman–Crippen MR) is 103 cm³/mol. The molecule has 2 aromatic rings. The normalized spacial score (nSPS) is 11.8. The van der Waals surface area contributed by atoms with Crippen LogP contribution in [-0.2, 0) is 27.3 Å². The third kappa shape index (κ3) is 5.38. The van der Waals surface area contributed by atoms with Gasteiger partial charge in [0.25, 0.3) is 11.5 Å². The molecule has 2 rings (SSSR count). The standard InChI is InChI=1S/C19H24N4O5/c1-3-4-11-23-15-8-6-5-7-13(15)21-14(18(23)26)9-10-16(24)28-12(2)17(25)22-19(20)27/h5-8,12H,3-4,9-11H2,1-2H3,(H3,20,22,25,27)/t12-/m0/s1. The molecule has 1 aromatic carbocycles. The molecule has 0 fully saturated rings. The third-order valence-corrected chi connectivity index (χ3v) is 4.15. The van der Waals surface area contributed by atoms with Crippen LogP contribution in [0.4, 0.5) is 4.79 Å². The van der Waals surface area contributed by atoms with E-state index in [9.17, 15) is 19.2 Å². The fourth-order valence-corrected chi connectivity index (χ4v) is 2.70. The number of nitrogens with one attached hydrogen (secondary N) is 1. The summed E-state index contributed by atoms with van der Waals surface area (Å²) in [4.78, 5) is 51.4. The first-order chi connectivity index (χ1) is 13.3. The van der Waals surface area contributed by atoms with Crippen LogP contribution in [0.15, 0.2) is 29.1 Å². The van der Waals surface area contributed by atoms with Crippen molar-refractivity contribution in [1.29, 1.82) is 0 Å². The Bertz CT molecular complexity index is 938. The summed E-state index contributed by atoms with van der Waals surface area (Å²) in [6, 6.07) is 6.31. The number of para-hydroxylation sites is 2. The van der Waals surface area contributed by atoms with Crippen molar-refractivity contribution in [2.24, 2.45) is 5.73 Å². The van der Waals surface area contributed by atoms with E-state index in [0.717, 1.165) is 18.4 Å². The summed E-state index contributed by atoms with van der Waals surface area (Å²) in [6.07, 6.45) is 0.574. The summed E-state index contributed by atoms with van der Waals surface area (Å²) < 4.78 is 6.64. The fraction of sp³-hybridized carbons (Fsp3) is 0.421. The summed E-state index contributed by atoms with van der Waals surface area (Å²) in [7, 11) is 0. The van der Waals surface area contributed by atoms with Crippen molar-refractivity contribution in [3.63, 3.8) is 0 Å². The fourth-order valence-electron chi connectivity index (χ4n) is 2.70. The molecule has 1 aromatic heterocycles. The number of imide groups is 1. The zero-order chi connectivity index (χ0) is 20.7. The molecule has 1 atom stereocenters. The van der Waals surface area contributed by atoms with E-state index in [1.807, 2.05) is 36.5 Å². The number of nitrogens with zero attached hydrogens (tertiary/aromatic N) is 2. The van der Waals surface area contributed by atoms with E-state index in [0.29, 0.717) is 12.1 Å². The number of benzene rings is 1. The average molecular weight is 388 g/mol. The van der Waals surface area contributed by atoms with Crippen molar-refractivity contribution in [2.45, 2.75) is 52.2 Å². The van der Waals surface area contributed by atoms with Crippen LogP contribution in [0.3, 0.4) is 0 Å².